The number of para-hydroxylation sites is 1. The molecule has 2 aliphatic carbocycles. The van der Waals surface area contributed by atoms with Crippen molar-refractivity contribution in [2.75, 3.05) is 39.8 Å². The number of benzene rings is 1. The molecule has 0 saturated heterocycles. The van der Waals surface area contributed by atoms with Gasteiger partial charge in [-0.15, -0.1) is 5.10 Å². The normalized spacial score (nSPS) is 16.5. The van der Waals surface area contributed by atoms with Crippen LogP contribution in [0.25, 0.3) is 6.08 Å². The van der Waals surface area contributed by atoms with E-state index < -0.39 is 23.5 Å². The Hall–Kier alpha value is -3.58. The van der Waals surface area contributed by atoms with Gasteiger partial charge in [0.05, 0.1) is 11.3 Å². The van der Waals surface area contributed by atoms with E-state index in [0.717, 1.165) is 29.2 Å². The molecule has 0 aliphatic heterocycles. The Labute approximate surface area is 287 Å². The second-order valence-corrected chi connectivity index (χ2v) is 13.1. The van der Waals surface area contributed by atoms with E-state index in [-0.39, 0.29) is 24.2 Å². The third-order valence-electron chi connectivity index (χ3n) is 8.32. The standard InChI is InChI=1S/C22H32N2.C14H21F6N5/c1-17(2)21-11-5-9-20(22(21)23-3)10-6-14-24(16-19-12-13-19)15-18-7-4-8-18;1-5-25(12(21)23-24(4)22)8-9(2)6-11(14(18,19)20)7-10(3)13(15,16)17/h5-6,9-11,17-19H,3-4,7-8,12-16H2,1-2H3;6-7H,3,5,8,22H2,1-2,4H3,(H2,21,23)/b10-6-;9-6+,11-7+. The number of rotatable bonds is 15. The highest BCUT2D eigenvalue weighted by Gasteiger charge is 2.36. The summed E-state index contributed by atoms with van der Waals surface area (Å²) in [5, 5.41) is 4.64. The molecule has 2 saturated carbocycles. The molecule has 274 valence electrons. The van der Waals surface area contributed by atoms with Crippen LogP contribution in [-0.4, -0.2) is 79.7 Å². The van der Waals surface area contributed by atoms with Gasteiger partial charge in [-0.05, 0) is 81.7 Å². The maximum atomic E-state index is 13.0. The summed E-state index contributed by atoms with van der Waals surface area (Å²) in [6.45, 7) is 17.7. The molecule has 3 rings (SSSR count). The molecule has 49 heavy (non-hydrogen) atoms. The number of allylic oxidation sites excluding steroid dienone is 4. The largest absolute Gasteiger partial charge is 0.416 e. The molecule has 1 aromatic carbocycles. The zero-order chi connectivity index (χ0) is 36.9. The van der Waals surface area contributed by atoms with Crippen molar-refractivity contribution in [1.82, 2.24) is 14.9 Å². The van der Waals surface area contributed by atoms with Gasteiger partial charge in [0.2, 0.25) is 5.96 Å². The quantitative estimate of drug-likeness (QED) is 0.0479. The first-order chi connectivity index (χ1) is 22.8. The second kappa shape index (κ2) is 19.0. The van der Waals surface area contributed by atoms with Crippen LogP contribution in [0.5, 0.6) is 0 Å². The van der Waals surface area contributed by atoms with E-state index in [1.807, 2.05) is 0 Å². The monoisotopic (exact) mass is 697 g/mol. The number of hydrogen-bond donors (Lipinski definition) is 2. The van der Waals surface area contributed by atoms with Gasteiger partial charge in [0.1, 0.15) is 0 Å². The van der Waals surface area contributed by atoms with Gasteiger partial charge < -0.3 is 10.6 Å². The summed E-state index contributed by atoms with van der Waals surface area (Å²) in [4.78, 5) is 8.38. The van der Waals surface area contributed by atoms with E-state index >= 15 is 0 Å². The molecule has 0 aromatic heterocycles. The Balaban J connectivity index is 0.000000340. The van der Waals surface area contributed by atoms with Gasteiger partial charge in [0, 0.05) is 50.9 Å². The van der Waals surface area contributed by atoms with Gasteiger partial charge in [-0.1, -0.05) is 62.8 Å². The minimum Gasteiger partial charge on any atom is -0.368 e. The van der Waals surface area contributed by atoms with Crippen LogP contribution in [0.4, 0.5) is 32.0 Å². The summed E-state index contributed by atoms with van der Waals surface area (Å²) < 4.78 is 76.2. The van der Waals surface area contributed by atoms with Gasteiger partial charge >= 0.3 is 12.4 Å². The SMILES string of the molecule is C=C(/C=C(\C=C(/C)CN(CC)/C(N)=N/N(C)N)C(F)(F)F)C(F)(F)F.C=Nc1c(/C=C\CN(CC2CCC2)CC2CC2)cccc1C(C)C. The van der Waals surface area contributed by atoms with Crippen LogP contribution in [0, 0.1) is 11.8 Å². The Morgan fingerprint density at radius 3 is 2.08 bits per heavy atom. The lowest BCUT2D eigenvalue weighted by molar-refractivity contribution is -0.0932. The minimum atomic E-state index is -4.97. The Morgan fingerprint density at radius 1 is 1.02 bits per heavy atom. The summed E-state index contributed by atoms with van der Waals surface area (Å²) in [6.07, 6.45) is 2.42. The zero-order valence-electron chi connectivity index (χ0n) is 29.4. The third kappa shape index (κ3) is 14.8. The number of nitrogens with two attached hydrogens (primary N) is 2. The van der Waals surface area contributed by atoms with Crippen LogP contribution >= 0.6 is 0 Å². The number of halogens is 6. The molecule has 13 heteroatoms. The van der Waals surface area contributed by atoms with Crippen molar-refractivity contribution in [2.45, 2.75) is 78.1 Å². The fourth-order valence-corrected chi connectivity index (χ4v) is 5.29. The molecule has 0 unspecified atom stereocenters. The molecule has 0 heterocycles. The zero-order valence-corrected chi connectivity index (χ0v) is 29.4. The van der Waals surface area contributed by atoms with Crippen molar-refractivity contribution in [3.8, 4) is 0 Å². The highest BCUT2D eigenvalue weighted by atomic mass is 19.4. The lowest BCUT2D eigenvalue weighted by Gasteiger charge is -2.32. The van der Waals surface area contributed by atoms with E-state index in [9.17, 15) is 26.3 Å². The average molecular weight is 698 g/mol. The van der Waals surface area contributed by atoms with E-state index in [4.69, 9.17) is 11.6 Å². The summed E-state index contributed by atoms with van der Waals surface area (Å²) in [6, 6.07) is 6.46. The van der Waals surface area contributed by atoms with Crippen molar-refractivity contribution in [2.24, 2.45) is 33.5 Å². The molecule has 0 radical (unpaired) electrons. The van der Waals surface area contributed by atoms with Crippen LogP contribution in [0.3, 0.4) is 0 Å². The van der Waals surface area contributed by atoms with Gasteiger partial charge in [0.25, 0.3) is 0 Å². The Morgan fingerprint density at radius 2 is 1.63 bits per heavy atom. The van der Waals surface area contributed by atoms with Crippen LogP contribution < -0.4 is 11.6 Å². The molecule has 7 nitrogen and oxygen atoms in total. The van der Waals surface area contributed by atoms with E-state index in [2.05, 4.69) is 72.5 Å². The highest BCUT2D eigenvalue weighted by molar-refractivity contribution is 5.78. The molecule has 2 aliphatic rings. The lowest BCUT2D eigenvalue weighted by atomic mass is 9.85. The summed E-state index contributed by atoms with van der Waals surface area (Å²) in [7, 11) is 1.40. The van der Waals surface area contributed by atoms with Crippen molar-refractivity contribution < 1.29 is 26.3 Å². The molecular weight excluding hydrogens is 644 g/mol. The molecule has 0 atom stereocenters. The number of hydrazone groups is 1. The first-order valence-corrected chi connectivity index (χ1v) is 16.6. The van der Waals surface area contributed by atoms with E-state index in [1.165, 1.54) is 75.2 Å². The van der Waals surface area contributed by atoms with Gasteiger partial charge in [-0.3, -0.25) is 9.89 Å². The first kappa shape index (κ1) is 41.6. The highest BCUT2D eigenvalue weighted by Crippen LogP contribution is 2.34. The Bertz CT molecular complexity index is 1350. The molecule has 0 bridgehead atoms. The van der Waals surface area contributed by atoms with Gasteiger partial charge in [-0.25, -0.2) is 11.0 Å². The number of nitrogens with zero attached hydrogens (tertiary/aromatic N) is 5. The number of guanidine groups is 1. The van der Waals surface area contributed by atoms with Crippen molar-refractivity contribution in [3.05, 3.63) is 70.9 Å². The van der Waals surface area contributed by atoms with Crippen LogP contribution in [0.1, 0.15) is 76.8 Å². The number of aliphatic imine (C=N–C) groups is 1. The maximum Gasteiger partial charge on any atom is 0.416 e. The van der Waals surface area contributed by atoms with Crippen LogP contribution in [0.15, 0.2) is 69.8 Å². The van der Waals surface area contributed by atoms with Crippen LogP contribution in [0.2, 0.25) is 0 Å². The summed E-state index contributed by atoms with van der Waals surface area (Å²) in [5.74, 6) is 7.65. The fraction of sp³-hybridized carbons (Fsp3) is 0.556. The van der Waals surface area contributed by atoms with E-state index in [0.29, 0.717) is 18.5 Å². The number of hydrazine groups is 1. The predicted molar refractivity (Wildman–Crippen MR) is 189 cm³/mol. The van der Waals surface area contributed by atoms with Crippen molar-refractivity contribution in [1.29, 1.82) is 0 Å². The first-order valence-electron chi connectivity index (χ1n) is 16.6. The number of hydrogen-bond acceptors (Lipinski definition) is 5. The lowest BCUT2D eigenvalue weighted by Crippen LogP contribution is -2.40. The third-order valence-corrected chi connectivity index (χ3v) is 8.32. The second-order valence-electron chi connectivity index (χ2n) is 13.1. The van der Waals surface area contributed by atoms with Crippen molar-refractivity contribution >= 4 is 24.4 Å². The predicted octanol–water partition coefficient (Wildman–Crippen LogP) is 8.56. The van der Waals surface area contributed by atoms with Gasteiger partial charge in [0.15, 0.2) is 0 Å². The average Bonchev–Trinajstić information content (AvgIpc) is 3.80. The molecule has 4 N–H and O–H groups in total. The van der Waals surface area contributed by atoms with E-state index in [1.54, 1.807) is 6.92 Å². The molecule has 2 fully saturated rings. The Kier molecular flexibility index (Phi) is 16.1. The number of alkyl halides is 6. The summed E-state index contributed by atoms with van der Waals surface area (Å²) >= 11 is 0. The molecule has 1 aromatic rings. The summed E-state index contributed by atoms with van der Waals surface area (Å²) in [5.41, 5.74) is 6.27. The smallest absolute Gasteiger partial charge is 0.368 e. The van der Waals surface area contributed by atoms with Crippen LogP contribution in [-0.2, 0) is 0 Å². The maximum absolute atomic E-state index is 13.0. The minimum absolute atomic E-state index is 0.0368. The molecular formula is C36H53F6N7. The molecule has 0 amide bonds. The molecule has 0 spiro atoms. The number of likely N-dealkylation sites (N-methyl/N-ethyl adjacent to an activating group) is 1. The topological polar surface area (TPSA) is 86.5 Å². The van der Waals surface area contributed by atoms with Gasteiger partial charge in [-0.2, -0.15) is 26.3 Å². The fourth-order valence-electron chi connectivity index (χ4n) is 5.29. The van der Waals surface area contributed by atoms with Crippen molar-refractivity contribution in [3.63, 3.8) is 0 Å².